The van der Waals surface area contributed by atoms with Crippen LogP contribution in [0.15, 0.2) is 72.9 Å². The lowest BCUT2D eigenvalue weighted by molar-refractivity contribution is -0.384. The molecule has 9 nitrogen and oxygen atoms in total. The second-order valence-electron chi connectivity index (χ2n) is 9.23. The number of nitro groups is 1. The van der Waals surface area contributed by atoms with Crippen LogP contribution in [-0.2, 0) is 14.4 Å². The minimum absolute atomic E-state index is 0.0404. The fourth-order valence-corrected chi connectivity index (χ4v) is 5.92. The third-order valence-electron chi connectivity index (χ3n) is 7.23. The summed E-state index contributed by atoms with van der Waals surface area (Å²) >= 11 is 12.2. The number of hydrogen-bond donors (Lipinski definition) is 1. The molecule has 3 amide bonds. The van der Waals surface area contributed by atoms with Crippen molar-refractivity contribution in [1.82, 2.24) is 4.90 Å². The third kappa shape index (κ3) is 3.66. The van der Waals surface area contributed by atoms with E-state index in [0.29, 0.717) is 10.7 Å². The molecule has 190 valence electrons. The zero-order valence-electron chi connectivity index (χ0n) is 19.5. The predicted molar refractivity (Wildman–Crippen MR) is 142 cm³/mol. The number of amides is 3. The number of halogens is 2. The van der Waals surface area contributed by atoms with E-state index in [1.807, 2.05) is 30.3 Å². The van der Waals surface area contributed by atoms with Gasteiger partial charge in [0.1, 0.15) is 6.04 Å². The highest BCUT2D eigenvalue weighted by Gasteiger charge is 2.64. The summed E-state index contributed by atoms with van der Waals surface area (Å²) in [5, 5.41) is 14.5. The summed E-state index contributed by atoms with van der Waals surface area (Å²) in [5.74, 6) is -3.36. The number of benzene rings is 3. The van der Waals surface area contributed by atoms with Gasteiger partial charge in [0.15, 0.2) is 0 Å². The van der Waals surface area contributed by atoms with Crippen molar-refractivity contribution in [3.63, 3.8) is 0 Å². The van der Waals surface area contributed by atoms with E-state index in [-0.39, 0.29) is 16.4 Å². The Morgan fingerprint density at radius 2 is 1.66 bits per heavy atom. The number of anilines is 2. The Morgan fingerprint density at radius 3 is 2.39 bits per heavy atom. The molecular weight excluding hydrogens is 531 g/mol. The number of nitrogens with one attached hydrogen (secondary N) is 1. The number of imide groups is 1. The first-order chi connectivity index (χ1) is 18.3. The standard InChI is InChI=1S/C27H18Cl2N4O5/c28-15-5-7-16(8-6-15)32-26(35)21-22(27(32)36)24(31-12-11-14-3-1-2-4-18(14)23(21)31)25(34)30-20-13-17(33(37)38)9-10-19(20)29/h1-13,21-24H,(H,30,34)/t21-,22-,23+,24+/m1/s1. The summed E-state index contributed by atoms with van der Waals surface area (Å²) in [7, 11) is 0. The molecule has 1 N–H and O–H groups in total. The lowest BCUT2D eigenvalue weighted by atomic mass is 9.84. The minimum Gasteiger partial charge on any atom is -0.357 e. The van der Waals surface area contributed by atoms with Crippen LogP contribution in [0.4, 0.5) is 17.1 Å². The molecule has 3 aliphatic rings. The van der Waals surface area contributed by atoms with Crippen LogP contribution >= 0.6 is 23.2 Å². The van der Waals surface area contributed by atoms with Crippen molar-refractivity contribution >= 4 is 64.1 Å². The van der Waals surface area contributed by atoms with Crippen LogP contribution in [0.25, 0.3) is 6.08 Å². The van der Waals surface area contributed by atoms with Gasteiger partial charge in [0.05, 0.1) is 39.2 Å². The molecule has 0 aromatic heterocycles. The lowest BCUT2D eigenvalue weighted by Crippen LogP contribution is -2.46. The Bertz CT molecular complexity index is 1560. The van der Waals surface area contributed by atoms with Gasteiger partial charge >= 0.3 is 0 Å². The molecule has 0 radical (unpaired) electrons. The molecule has 6 rings (SSSR count). The van der Waals surface area contributed by atoms with E-state index in [9.17, 15) is 24.5 Å². The Labute approximate surface area is 226 Å². The average molecular weight is 549 g/mol. The van der Waals surface area contributed by atoms with Crippen molar-refractivity contribution in [1.29, 1.82) is 0 Å². The molecule has 0 bridgehead atoms. The van der Waals surface area contributed by atoms with Gasteiger partial charge in [-0.2, -0.15) is 0 Å². The topological polar surface area (TPSA) is 113 Å². The number of fused-ring (bicyclic) bond motifs is 5. The first-order valence-electron chi connectivity index (χ1n) is 11.7. The zero-order chi connectivity index (χ0) is 26.7. The molecule has 3 heterocycles. The van der Waals surface area contributed by atoms with Gasteiger partial charge in [-0.25, -0.2) is 4.90 Å². The maximum atomic E-state index is 13.8. The average Bonchev–Trinajstić information content (AvgIpc) is 3.38. The van der Waals surface area contributed by atoms with E-state index >= 15 is 0 Å². The van der Waals surface area contributed by atoms with Gasteiger partial charge in [-0.15, -0.1) is 0 Å². The van der Waals surface area contributed by atoms with Crippen LogP contribution in [0.3, 0.4) is 0 Å². The molecule has 0 spiro atoms. The van der Waals surface area contributed by atoms with Crippen LogP contribution in [0.2, 0.25) is 10.0 Å². The smallest absolute Gasteiger partial charge is 0.271 e. The molecule has 3 aliphatic heterocycles. The molecule has 0 unspecified atom stereocenters. The van der Waals surface area contributed by atoms with Gasteiger partial charge in [0.25, 0.3) is 5.69 Å². The summed E-state index contributed by atoms with van der Waals surface area (Å²) in [6.07, 6.45) is 3.55. The van der Waals surface area contributed by atoms with Crippen molar-refractivity contribution in [2.45, 2.75) is 12.1 Å². The summed E-state index contributed by atoms with van der Waals surface area (Å²) in [5.41, 5.74) is 1.87. The Hall–Kier alpha value is -4.21. The van der Waals surface area contributed by atoms with Crippen LogP contribution in [0, 0.1) is 22.0 Å². The molecule has 38 heavy (non-hydrogen) atoms. The summed E-state index contributed by atoms with van der Waals surface area (Å²) in [4.78, 5) is 55.0. The maximum Gasteiger partial charge on any atom is 0.271 e. The number of carbonyl (C=O) groups is 3. The molecule has 4 atom stereocenters. The number of hydrogen-bond acceptors (Lipinski definition) is 6. The Balaban J connectivity index is 1.43. The van der Waals surface area contributed by atoms with E-state index < -0.39 is 46.6 Å². The summed E-state index contributed by atoms with van der Waals surface area (Å²) < 4.78 is 0. The van der Waals surface area contributed by atoms with Gasteiger partial charge in [-0.1, -0.05) is 47.5 Å². The fraction of sp³-hybridized carbons (Fsp3) is 0.148. The maximum absolute atomic E-state index is 13.8. The normalized spacial score (nSPS) is 23.2. The second kappa shape index (κ2) is 8.97. The van der Waals surface area contributed by atoms with Gasteiger partial charge in [-0.05, 0) is 47.5 Å². The van der Waals surface area contributed by atoms with Crippen LogP contribution in [-0.4, -0.2) is 33.6 Å². The first kappa shape index (κ1) is 24.1. The summed E-state index contributed by atoms with van der Waals surface area (Å²) in [6, 6.07) is 15.9. The van der Waals surface area contributed by atoms with Crippen molar-refractivity contribution in [2.24, 2.45) is 11.8 Å². The molecule has 3 aromatic rings. The van der Waals surface area contributed by atoms with Crippen LogP contribution < -0.4 is 10.2 Å². The number of nitrogens with zero attached hydrogens (tertiary/aromatic N) is 3. The monoisotopic (exact) mass is 548 g/mol. The second-order valence-corrected chi connectivity index (χ2v) is 10.1. The highest BCUT2D eigenvalue weighted by atomic mass is 35.5. The predicted octanol–water partition coefficient (Wildman–Crippen LogP) is 5.06. The highest BCUT2D eigenvalue weighted by molar-refractivity contribution is 6.34. The zero-order valence-corrected chi connectivity index (χ0v) is 21.0. The van der Waals surface area contributed by atoms with Crippen molar-refractivity contribution in [3.8, 4) is 0 Å². The van der Waals surface area contributed by atoms with E-state index in [1.165, 1.54) is 12.1 Å². The highest BCUT2D eigenvalue weighted by Crippen LogP contribution is 2.53. The molecule has 2 saturated heterocycles. The number of nitro benzene ring substituents is 1. The van der Waals surface area contributed by atoms with E-state index in [1.54, 1.807) is 35.4 Å². The molecule has 11 heteroatoms. The lowest BCUT2D eigenvalue weighted by Gasteiger charge is -2.35. The van der Waals surface area contributed by atoms with Crippen LogP contribution in [0.5, 0.6) is 0 Å². The first-order valence-corrected chi connectivity index (χ1v) is 12.4. The molecular formula is C27H18Cl2N4O5. The molecule has 3 aromatic carbocycles. The Morgan fingerprint density at radius 1 is 0.947 bits per heavy atom. The molecule has 2 fully saturated rings. The van der Waals surface area contributed by atoms with Gasteiger partial charge in [0, 0.05) is 23.4 Å². The van der Waals surface area contributed by atoms with Crippen molar-refractivity contribution < 1.29 is 19.3 Å². The fourth-order valence-electron chi connectivity index (χ4n) is 5.63. The molecule has 0 aliphatic carbocycles. The van der Waals surface area contributed by atoms with E-state index in [4.69, 9.17) is 23.2 Å². The third-order valence-corrected chi connectivity index (χ3v) is 7.82. The number of rotatable bonds is 4. The van der Waals surface area contributed by atoms with Crippen molar-refractivity contribution in [3.05, 3.63) is 104 Å². The Kier molecular flexibility index (Phi) is 5.70. The minimum atomic E-state index is -1.07. The number of carbonyl (C=O) groups excluding carboxylic acids is 3. The molecule has 0 saturated carbocycles. The van der Waals surface area contributed by atoms with Gasteiger partial charge in [-0.3, -0.25) is 24.5 Å². The number of non-ortho nitro benzene ring substituents is 1. The van der Waals surface area contributed by atoms with E-state index in [2.05, 4.69) is 5.32 Å². The van der Waals surface area contributed by atoms with Crippen molar-refractivity contribution in [2.75, 3.05) is 10.2 Å². The largest absolute Gasteiger partial charge is 0.357 e. The van der Waals surface area contributed by atoms with Crippen LogP contribution in [0.1, 0.15) is 17.2 Å². The summed E-state index contributed by atoms with van der Waals surface area (Å²) in [6.45, 7) is 0. The quantitative estimate of drug-likeness (QED) is 0.277. The van der Waals surface area contributed by atoms with Gasteiger partial charge < -0.3 is 10.2 Å². The van der Waals surface area contributed by atoms with Gasteiger partial charge in [0.2, 0.25) is 17.7 Å². The van der Waals surface area contributed by atoms with E-state index in [0.717, 1.165) is 22.1 Å². The SMILES string of the molecule is O=C(Nc1cc([N+](=O)[O-])ccc1Cl)[C@@H]1[C@@H]2C(=O)N(c3ccc(Cl)cc3)C(=O)[C@H]2[C@@H]2c3ccccc3C=CN12.